The molecular weight excluding hydrogens is 266 g/mol. The molecule has 1 aromatic heterocycles. The van der Waals surface area contributed by atoms with Crippen LogP contribution in [0.15, 0.2) is 24.4 Å². The van der Waals surface area contributed by atoms with E-state index in [1.807, 2.05) is 16.9 Å². The zero-order valence-corrected chi connectivity index (χ0v) is 12.5. The zero-order valence-electron chi connectivity index (χ0n) is 12.5. The van der Waals surface area contributed by atoms with Crippen molar-refractivity contribution in [3.63, 3.8) is 0 Å². The largest absolute Gasteiger partial charge is 0.508 e. The Morgan fingerprint density at radius 1 is 1.48 bits per heavy atom. The van der Waals surface area contributed by atoms with E-state index in [2.05, 4.69) is 11.9 Å². The van der Waals surface area contributed by atoms with Crippen LogP contribution < -0.4 is 5.01 Å². The van der Waals surface area contributed by atoms with Crippen molar-refractivity contribution >= 4 is 17.3 Å². The molecule has 21 heavy (non-hydrogen) atoms. The number of fused-ring (bicyclic) bond motifs is 1. The first-order valence-corrected chi connectivity index (χ1v) is 7.31. The minimum atomic E-state index is 0.259. The second kappa shape index (κ2) is 5.41. The summed E-state index contributed by atoms with van der Waals surface area (Å²) in [5, 5.41) is 12.3. The molecule has 5 heteroatoms. The van der Waals surface area contributed by atoms with Crippen molar-refractivity contribution in [2.75, 3.05) is 25.6 Å². The summed E-state index contributed by atoms with van der Waals surface area (Å²) in [5.41, 5.74) is 2.12. The summed E-state index contributed by atoms with van der Waals surface area (Å²) in [5.74, 6) is 0.259. The predicted octanol–water partition coefficient (Wildman–Crippen LogP) is 1.71. The Kier molecular flexibility index (Phi) is 3.59. The molecule has 0 saturated carbocycles. The number of aromatic hydroxyl groups is 1. The number of benzene rings is 1. The number of hydrogen-bond donors (Lipinski definition) is 1. The van der Waals surface area contributed by atoms with Gasteiger partial charge in [0.1, 0.15) is 5.75 Å². The average Bonchev–Trinajstić information content (AvgIpc) is 3.03. The van der Waals surface area contributed by atoms with Gasteiger partial charge in [-0.15, -0.1) is 0 Å². The van der Waals surface area contributed by atoms with Crippen molar-refractivity contribution in [3.05, 3.63) is 30.0 Å². The molecule has 1 fully saturated rings. The second-order valence-corrected chi connectivity index (χ2v) is 5.86. The number of phenols is 1. The van der Waals surface area contributed by atoms with Gasteiger partial charge in [-0.05, 0) is 56.6 Å². The predicted molar refractivity (Wildman–Crippen MR) is 83.2 cm³/mol. The van der Waals surface area contributed by atoms with Crippen molar-refractivity contribution in [1.29, 1.82) is 0 Å². The maximum atomic E-state index is 11.1. The van der Waals surface area contributed by atoms with Crippen molar-refractivity contribution in [3.8, 4) is 5.75 Å². The highest BCUT2D eigenvalue weighted by atomic mass is 16.3. The van der Waals surface area contributed by atoms with Gasteiger partial charge in [-0.2, -0.15) is 0 Å². The topological polar surface area (TPSA) is 48.7 Å². The Bertz CT molecular complexity index is 665. The monoisotopic (exact) mass is 287 g/mol. The molecule has 0 radical (unpaired) electrons. The Hall–Kier alpha value is -2.01. The number of aromatic nitrogens is 1. The van der Waals surface area contributed by atoms with Crippen LogP contribution in [-0.2, 0) is 11.2 Å². The third-order valence-corrected chi connectivity index (χ3v) is 4.47. The lowest BCUT2D eigenvalue weighted by molar-refractivity contribution is -0.108. The minimum Gasteiger partial charge on any atom is -0.508 e. The molecular formula is C16H21N3O2. The number of carbonyl (C=O) groups excluding carboxylic acids is 1. The molecule has 3 rings (SSSR count). The smallest absolute Gasteiger partial charge is 0.228 e. The highest BCUT2D eigenvalue weighted by Gasteiger charge is 2.23. The third-order valence-electron chi connectivity index (χ3n) is 4.47. The van der Waals surface area contributed by atoms with E-state index >= 15 is 0 Å². The van der Waals surface area contributed by atoms with Crippen molar-refractivity contribution in [1.82, 2.24) is 9.58 Å². The highest BCUT2D eigenvalue weighted by Crippen LogP contribution is 2.29. The number of hydrogen-bond acceptors (Lipinski definition) is 3. The molecule has 1 N–H and O–H groups in total. The van der Waals surface area contributed by atoms with Crippen LogP contribution in [0.4, 0.5) is 0 Å². The first-order chi connectivity index (χ1) is 10.1. The zero-order chi connectivity index (χ0) is 15.0. The maximum absolute atomic E-state index is 11.1. The van der Waals surface area contributed by atoms with E-state index < -0.39 is 0 Å². The van der Waals surface area contributed by atoms with Crippen molar-refractivity contribution in [2.24, 2.45) is 0 Å². The lowest BCUT2D eigenvalue weighted by atomic mass is 10.0. The summed E-state index contributed by atoms with van der Waals surface area (Å²) in [6.45, 7) is 1.14. The molecule has 2 heterocycles. The Labute approximate surface area is 124 Å². The molecule has 5 nitrogen and oxygen atoms in total. The summed E-state index contributed by atoms with van der Waals surface area (Å²) < 4.78 is 1.84. The van der Waals surface area contributed by atoms with Gasteiger partial charge in [0.15, 0.2) is 0 Å². The fourth-order valence-corrected chi connectivity index (χ4v) is 3.23. The van der Waals surface area contributed by atoms with Crippen LogP contribution >= 0.6 is 0 Å². The molecule has 0 bridgehead atoms. The highest BCUT2D eigenvalue weighted by molar-refractivity contribution is 5.87. The van der Waals surface area contributed by atoms with Crippen LogP contribution in [0, 0.1) is 0 Å². The van der Waals surface area contributed by atoms with Gasteiger partial charge in [0.25, 0.3) is 0 Å². The van der Waals surface area contributed by atoms with E-state index in [4.69, 9.17) is 0 Å². The molecule has 1 amide bonds. The molecule has 2 aromatic rings. The van der Waals surface area contributed by atoms with Gasteiger partial charge in [0.05, 0.1) is 5.52 Å². The molecule has 0 spiro atoms. The SMILES string of the molecule is CN1CCCC1Cc1cn(N(C)C=O)c2ccc(O)cc12. The lowest BCUT2D eigenvalue weighted by Crippen LogP contribution is -2.28. The van der Waals surface area contributed by atoms with E-state index in [-0.39, 0.29) is 5.75 Å². The molecule has 112 valence electrons. The van der Waals surface area contributed by atoms with Crippen LogP contribution in [0.25, 0.3) is 10.9 Å². The van der Waals surface area contributed by atoms with Gasteiger partial charge < -0.3 is 10.0 Å². The Balaban J connectivity index is 2.04. The van der Waals surface area contributed by atoms with E-state index in [0.717, 1.165) is 30.3 Å². The van der Waals surface area contributed by atoms with Gasteiger partial charge in [-0.1, -0.05) is 0 Å². The quantitative estimate of drug-likeness (QED) is 0.871. The first-order valence-electron chi connectivity index (χ1n) is 7.31. The summed E-state index contributed by atoms with van der Waals surface area (Å²) >= 11 is 0. The first kappa shape index (κ1) is 13.9. The number of rotatable bonds is 4. The normalized spacial score (nSPS) is 19.2. The molecule has 1 aromatic carbocycles. The summed E-state index contributed by atoms with van der Waals surface area (Å²) in [4.78, 5) is 13.5. The Morgan fingerprint density at radius 3 is 2.95 bits per heavy atom. The second-order valence-electron chi connectivity index (χ2n) is 5.86. The number of amides is 1. The lowest BCUT2D eigenvalue weighted by Gasteiger charge is -2.18. The van der Waals surface area contributed by atoms with E-state index in [0.29, 0.717) is 6.04 Å². The molecule has 1 saturated heterocycles. The fourth-order valence-electron chi connectivity index (χ4n) is 3.23. The maximum Gasteiger partial charge on any atom is 0.228 e. The van der Waals surface area contributed by atoms with Crippen LogP contribution in [0.3, 0.4) is 0 Å². The van der Waals surface area contributed by atoms with Crippen LogP contribution in [0.1, 0.15) is 18.4 Å². The third kappa shape index (κ3) is 2.49. The van der Waals surface area contributed by atoms with Gasteiger partial charge in [-0.3, -0.25) is 14.5 Å². The molecule has 1 atom stereocenters. The van der Waals surface area contributed by atoms with Gasteiger partial charge in [0, 0.05) is 24.7 Å². The van der Waals surface area contributed by atoms with Crippen LogP contribution in [0.2, 0.25) is 0 Å². The molecule has 1 unspecified atom stereocenters. The summed E-state index contributed by atoms with van der Waals surface area (Å²) in [6, 6.07) is 5.83. The fraction of sp³-hybridized carbons (Fsp3) is 0.438. The van der Waals surface area contributed by atoms with Gasteiger partial charge >= 0.3 is 0 Å². The van der Waals surface area contributed by atoms with Crippen molar-refractivity contribution in [2.45, 2.75) is 25.3 Å². The van der Waals surface area contributed by atoms with Crippen LogP contribution in [0.5, 0.6) is 5.75 Å². The number of likely N-dealkylation sites (N-methyl/N-ethyl adjacent to an activating group) is 1. The standard InChI is InChI=1S/C16H21N3O2/c1-17-7-3-4-13(17)8-12-10-19(18(2)11-20)16-6-5-14(21)9-15(12)16/h5-6,9-11,13,21H,3-4,7-8H2,1-2H3. The number of carbonyl (C=O) groups is 1. The molecule has 1 aliphatic heterocycles. The van der Waals surface area contributed by atoms with Crippen LogP contribution in [-0.4, -0.2) is 47.8 Å². The molecule has 1 aliphatic rings. The summed E-state index contributed by atoms with van der Waals surface area (Å²) in [7, 11) is 3.89. The van der Waals surface area contributed by atoms with Gasteiger partial charge in [-0.25, -0.2) is 0 Å². The number of nitrogens with zero attached hydrogens (tertiary/aromatic N) is 3. The van der Waals surface area contributed by atoms with E-state index in [1.54, 1.807) is 19.2 Å². The number of likely N-dealkylation sites (tertiary alicyclic amines) is 1. The molecule has 0 aliphatic carbocycles. The number of phenolic OH excluding ortho intramolecular Hbond substituents is 1. The minimum absolute atomic E-state index is 0.259. The average molecular weight is 287 g/mol. The summed E-state index contributed by atoms with van der Waals surface area (Å²) in [6.07, 6.45) is 6.17. The Morgan fingerprint density at radius 2 is 2.29 bits per heavy atom. The van der Waals surface area contributed by atoms with Gasteiger partial charge in [0.2, 0.25) is 6.41 Å². The van der Waals surface area contributed by atoms with E-state index in [1.165, 1.54) is 23.4 Å². The van der Waals surface area contributed by atoms with Crippen molar-refractivity contribution < 1.29 is 9.90 Å². The van der Waals surface area contributed by atoms with E-state index in [9.17, 15) is 9.90 Å².